The van der Waals surface area contributed by atoms with Crippen molar-refractivity contribution in [3.8, 4) is 5.75 Å². The molecule has 0 aromatic heterocycles. The zero-order chi connectivity index (χ0) is 11.4. The largest absolute Gasteiger partial charge is 0.508 e. The first-order valence-electron chi connectivity index (χ1n) is 4.90. The Morgan fingerprint density at radius 1 is 1.40 bits per heavy atom. The summed E-state index contributed by atoms with van der Waals surface area (Å²) in [4.78, 5) is 0. The second kappa shape index (κ2) is 5.11. The van der Waals surface area contributed by atoms with Crippen molar-refractivity contribution in [2.75, 3.05) is 6.61 Å². The number of benzene rings is 1. The fourth-order valence-electron chi connectivity index (χ4n) is 1.45. The first kappa shape index (κ1) is 12.0. The van der Waals surface area contributed by atoms with Gasteiger partial charge in [-0.1, -0.05) is 11.6 Å². The van der Waals surface area contributed by atoms with Gasteiger partial charge in [0.05, 0.1) is 6.10 Å². The van der Waals surface area contributed by atoms with E-state index >= 15 is 0 Å². The van der Waals surface area contributed by atoms with Gasteiger partial charge >= 0.3 is 0 Å². The Bertz CT molecular complexity index is 328. The number of rotatable bonds is 4. The zero-order valence-electron chi connectivity index (χ0n) is 8.72. The van der Waals surface area contributed by atoms with Crippen LogP contribution in [0.1, 0.15) is 23.7 Å². The summed E-state index contributed by atoms with van der Waals surface area (Å²) in [5.41, 5.74) is 7.01. The number of phenolic OH excluding ortho intramolecular Hbond substituents is 1. The third kappa shape index (κ3) is 2.92. The molecule has 0 radical (unpaired) electrons. The molecule has 5 N–H and O–H groups in total. The van der Waals surface area contributed by atoms with Crippen LogP contribution in [0.15, 0.2) is 18.2 Å². The van der Waals surface area contributed by atoms with Gasteiger partial charge in [-0.05, 0) is 25.5 Å². The zero-order valence-corrected chi connectivity index (χ0v) is 8.72. The topological polar surface area (TPSA) is 86.7 Å². The van der Waals surface area contributed by atoms with Crippen LogP contribution in [0.5, 0.6) is 5.75 Å². The Balaban J connectivity index is 2.89. The van der Waals surface area contributed by atoms with E-state index in [1.807, 2.05) is 6.92 Å². The van der Waals surface area contributed by atoms with Gasteiger partial charge in [-0.2, -0.15) is 0 Å². The lowest BCUT2D eigenvalue weighted by atomic mass is 9.98. The molecule has 0 spiro atoms. The molecule has 0 fully saturated rings. The average Bonchev–Trinajstić information content (AvgIpc) is 2.21. The molecular weight excluding hydrogens is 194 g/mol. The molecule has 1 aromatic rings. The minimum atomic E-state index is -0.947. The third-order valence-electron chi connectivity index (χ3n) is 2.37. The molecule has 0 saturated heterocycles. The van der Waals surface area contributed by atoms with E-state index in [-0.39, 0.29) is 12.4 Å². The molecule has 0 aliphatic carbocycles. The predicted molar refractivity (Wildman–Crippen MR) is 57.5 cm³/mol. The van der Waals surface area contributed by atoms with Crippen LogP contribution in [0.4, 0.5) is 0 Å². The molecule has 84 valence electrons. The number of hydrogen-bond donors (Lipinski definition) is 4. The summed E-state index contributed by atoms with van der Waals surface area (Å²) in [6.45, 7) is 1.79. The van der Waals surface area contributed by atoms with Gasteiger partial charge in [-0.3, -0.25) is 0 Å². The molecule has 1 rings (SSSR count). The van der Waals surface area contributed by atoms with E-state index in [4.69, 9.17) is 10.8 Å². The smallest absolute Gasteiger partial charge is 0.121 e. The normalized spacial score (nSPS) is 14.9. The van der Waals surface area contributed by atoms with Crippen molar-refractivity contribution in [1.82, 2.24) is 0 Å². The summed E-state index contributed by atoms with van der Waals surface area (Å²) in [5.74, 6) is 0.0292. The van der Waals surface area contributed by atoms with Crippen LogP contribution < -0.4 is 5.73 Å². The number of nitrogens with two attached hydrogens (primary N) is 1. The SMILES string of the molecule is Cc1ccc(O)c(C(O)C(N)CCO)c1. The lowest BCUT2D eigenvalue weighted by Crippen LogP contribution is -2.29. The van der Waals surface area contributed by atoms with E-state index in [9.17, 15) is 10.2 Å². The van der Waals surface area contributed by atoms with E-state index in [0.29, 0.717) is 12.0 Å². The average molecular weight is 211 g/mol. The maximum Gasteiger partial charge on any atom is 0.121 e. The molecule has 0 saturated carbocycles. The summed E-state index contributed by atoms with van der Waals surface area (Å²) in [6.07, 6.45) is -0.647. The van der Waals surface area contributed by atoms with Gasteiger partial charge in [0.1, 0.15) is 5.75 Å². The van der Waals surface area contributed by atoms with Crippen LogP contribution in [0, 0.1) is 6.92 Å². The molecule has 4 heteroatoms. The summed E-state index contributed by atoms with van der Waals surface area (Å²) in [7, 11) is 0. The van der Waals surface area contributed by atoms with Gasteiger partial charge < -0.3 is 21.1 Å². The Morgan fingerprint density at radius 2 is 2.07 bits per heavy atom. The van der Waals surface area contributed by atoms with Crippen molar-refractivity contribution < 1.29 is 15.3 Å². The van der Waals surface area contributed by atoms with Crippen molar-refractivity contribution in [2.45, 2.75) is 25.5 Å². The fourth-order valence-corrected chi connectivity index (χ4v) is 1.45. The minimum absolute atomic E-state index is 0.0292. The van der Waals surface area contributed by atoms with Crippen LogP contribution in [0.3, 0.4) is 0 Å². The number of aliphatic hydroxyl groups is 2. The Kier molecular flexibility index (Phi) is 4.08. The van der Waals surface area contributed by atoms with E-state index in [1.165, 1.54) is 6.07 Å². The van der Waals surface area contributed by atoms with Gasteiger partial charge in [-0.25, -0.2) is 0 Å². The standard InChI is InChI=1S/C11H17NO3/c1-7-2-3-10(14)8(6-7)11(15)9(12)4-5-13/h2-3,6,9,11,13-15H,4-5,12H2,1H3. The summed E-state index contributed by atoms with van der Waals surface area (Å²) in [6, 6.07) is 4.41. The van der Waals surface area contributed by atoms with E-state index in [2.05, 4.69) is 0 Å². The van der Waals surface area contributed by atoms with Gasteiger partial charge in [0, 0.05) is 18.2 Å². The van der Waals surface area contributed by atoms with Crippen LogP contribution in [-0.4, -0.2) is 28.0 Å². The van der Waals surface area contributed by atoms with Crippen molar-refractivity contribution >= 4 is 0 Å². The molecule has 0 bridgehead atoms. The second-order valence-corrected chi connectivity index (χ2v) is 3.68. The Hall–Kier alpha value is -1.10. The number of aryl methyl sites for hydroxylation is 1. The monoisotopic (exact) mass is 211 g/mol. The first-order valence-corrected chi connectivity index (χ1v) is 4.90. The highest BCUT2D eigenvalue weighted by atomic mass is 16.3. The van der Waals surface area contributed by atoms with Gasteiger partial charge in [-0.15, -0.1) is 0 Å². The lowest BCUT2D eigenvalue weighted by Gasteiger charge is -2.19. The molecule has 2 atom stereocenters. The van der Waals surface area contributed by atoms with E-state index < -0.39 is 12.1 Å². The highest BCUT2D eigenvalue weighted by Gasteiger charge is 2.19. The molecular formula is C11H17NO3. The van der Waals surface area contributed by atoms with Crippen LogP contribution >= 0.6 is 0 Å². The maximum atomic E-state index is 9.83. The molecule has 1 aromatic carbocycles. The van der Waals surface area contributed by atoms with Crippen molar-refractivity contribution in [1.29, 1.82) is 0 Å². The third-order valence-corrected chi connectivity index (χ3v) is 2.37. The summed E-state index contributed by atoms with van der Waals surface area (Å²) >= 11 is 0. The number of aliphatic hydroxyl groups excluding tert-OH is 2. The molecule has 4 nitrogen and oxygen atoms in total. The number of phenols is 1. The summed E-state index contributed by atoms with van der Waals surface area (Å²) in [5, 5.41) is 28.1. The number of aromatic hydroxyl groups is 1. The van der Waals surface area contributed by atoms with Crippen molar-refractivity contribution in [3.63, 3.8) is 0 Å². The Morgan fingerprint density at radius 3 is 2.67 bits per heavy atom. The Labute approximate surface area is 89.0 Å². The van der Waals surface area contributed by atoms with Gasteiger partial charge in [0.15, 0.2) is 0 Å². The van der Waals surface area contributed by atoms with E-state index in [0.717, 1.165) is 5.56 Å². The number of hydrogen-bond acceptors (Lipinski definition) is 4. The van der Waals surface area contributed by atoms with Crippen molar-refractivity contribution in [3.05, 3.63) is 29.3 Å². The lowest BCUT2D eigenvalue weighted by molar-refractivity contribution is 0.126. The molecule has 0 aliphatic heterocycles. The van der Waals surface area contributed by atoms with Crippen LogP contribution in [0.25, 0.3) is 0 Å². The summed E-state index contributed by atoms with van der Waals surface area (Å²) < 4.78 is 0. The predicted octanol–water partition coefficient (Wildman–Crippen LogP) is 0.444. The second-order valence-electron chi connectivity index (χ2n) is 3.68. The molecule has 0 amide bonds. The molecule has 0 aliphatic rings. The highest BCUT2D eigenvalue weighted by Crippen LogP contribution is 2.27. The molecule has 0 heterocycles. The molecule has 15 heavy (non-hydrogen) atoms. The molecule has 2 unspecified atom stereocenters. The van der Waals surface area contributed by atoms with Gasteiger partial charge in [0.2, 0.25) is 0 Å². The maximum absolute atomic E-state index is 9.83. The van der Waals surface area contributed by atoms with Crippen molar-refractivity contribution in [2.24, 2.45) is 5.73 Å². The van der Waals surface area contributed by atoms with E-state index in [1.54, 1.807) is 12.1 Å². The highest BCUT2D eigenvalue weighted by molar-refractivity contribution is 5.37. The quantitative estimate of drug-likeness (QED) is 0.582. The van der Waals surface area contributed by atoms with Crippen LogP contribution in [-0.2, 0) is 0 Å². The minimum Gasteiger partial charge on any atom is -0.508 e. The first-order chi connectivity index (χ1) is 7.06. The van der Waals surface area contributed by atoms with Crippen LogP contribution in [0.2, 0.25) is 0 Å². The van der Waals surface area contributed by atoms with Gasteiger partial charge in [0.25, 0.3) is 0 Å². The fraction of sp³-hybridized carbons (Fsp3) is 0.455.